The lowest BCUT2D eigenvalue weighted by atomic mass is 10.1. The first-order chi connectivity index (χ1) is 10.0. The molecule has 1 heterocycles. The molecule has 0 bridgehead atoms. The Labute approximate surface area is 121 Å². The number of aromatic carboxylic acids is 1. The molecule has 1 amide bonds. The fourth-order valence-electron chi connectivity index (χ4n) is 1.84. The van der Waals surface area contributed by atoms with Crippen LogP contribution >= 0.6 is 0 Å². The summed E-state index contributed by atoms with van der Waals surface area (Å²) in [4.78, 5) is 28.8. The third kappa shape index (κ3) is 3.00. The number of ether oxygens (including phenoxy) is 1. The van der Waals surface area contributed by atoms with E-state index in [2.05, 4.69) is 4.98 Å². The van der Waals surface area contributed by atoms with Crippen LogP contribution in [0.1, 0.15) is 20.8 Å². The third-order valence-corrected chi connectivity index (χ3v) is 2.99. The number of pyridine rings is 1. The van der Waals surface area contributed by atoms with Crippen LogP contribution in [0.5, 0.6) is 5.75 Å². The molecule has 0 aliphatic carbocycles. The SMILES string of the molecule is COc1cccc(N(C)C(=O)c2ncccc2C(=O)O)c1. The van der Waals surface area contributed by atoms with Gasteiger partial charge in [0.05, 0.1) is 12.7 Å². The number of aromatic nitrogens is 1. The lowest BCUT2D eigenvalue weighted by molar-refractivity contribution is 0.0691. The zero-order valence-corrected chi connectivity index (χ0v) is 11.6. The highest BCUT2D eigenvalue weighted by Crippen LogP contribution is 2.21. The van der Waals surface area contributed by atoms with Gasteiger partial charge < -0.3 is 14.7 Å². The molecule has 0 radical (unpaired) electrons. The van der Waals surface area contributed by atoms with Gasteiger partial charge >= 0.3 is 5.97 Å². The molecule has 0 unspecified atom stereocenters. The van der Waals surface area contributed by atoms with Crippen molar-refractivity contribution < 1.29 is 19.4 Å². The zero-order chi connectivity index (χ0) is 15.4. The number of carbonyl (C=O) groups excluding carboxylic acids is 1. The Morgan fingerprint density at radius 1 is 1.24 bits per heavy atom. The van der Waals surface area contributed by atoms with Gasteiger partial charge in [-0.2, -0.15) is 0 Å². The summed E-state index contributed by atoms with van der Waals surface area (Å²) in [5, 5.41) is 9.12. The molecule has 0 fully saturated rings. The molecular formula is C15H14N2O4. The Bertz CT molecular complexity index is 685. The molecule has 1 aromatic carbocycles. The average molecular weight is 286 g/mol. The summed E-state index contributed by atoms with van der Waals surface area (Å²) < 4.78 is 5.10. The number of methoxy groups -OCH3 is 1. The van der Waals surface area contributed by atoms with E-state index in [1.807, 2.05) is 0 Å². The predicted octanol–water partition coefficient (Wildman–Crippen LogP) is 2.06. The topological polar surface area (TPSA) is 79.7 Å². The Kier molecular flexibility index (Phi) is 4.18. The van der Waals surface area contributed by atoms with Crippen molar-refractivity contribution in [3.05, 3.63) is 53.9 Å². The van der Waals surface area contributed by atoms with Gasteiger partial charge in [-0.25, -0.2) is 4.79 Å². The number of carboxylic acids is 1. The molecule has 0 atom stereocenters. The Balaban J connectivity index is 2.37. The van der Waals surface area contributed by atoms with Crippen molar-refractivity contribution in [2.45, 2.75) is 0 Å². The Morgan fingerprint density at radius 3 is 2.67 bits per heavy atom. The van der Waals surface area contributed by atoms with Crippen molar-refractivity contribution in [1.82, 2.24) is 4.98 Å². The number of amides is 1. The summed E-state index contributed by atoms with van der Waals surface area (Å²) >= 11 is 0. The van der Waals surface area contributed by atoms with E-state index < -0.39 is 11.9 Å². The summed E-state index contributed by atoms with van der Waals surface area (Å²) in [7, 11) is 3.08. The molecule has 2 rings (SSSR count). The number of nitrogens with zero attached hydrogens (tertiary/aromatic N) is 2. The van der Waals surface area contributed by atoms with Gasteiger partial charge in [0.2, 0.25) is 0 Å². The van der Waals surface area contributed by atoms with Crippen LogP contribution in [0.3, 0.4) is 0 Å². The van der Waals surface area contributed by atoms with Gasteiger partial charge in [0.25, 0.3) is 5.91 Å². The number of anilines is 1. The van der Waals surface area contributed by atoms with Crippen LogP contribution < -0.4 is 9.64 Å². The standard InChI is InChI=1S/C15H14N2O4/c1-17(10-5-3-6-11(9-10)21-2)14(18)13-12(15(19)20)7-4-8-16-13/h3-9H,1-2H3,(H,19,20). The molecule has 2 aromatic rings. The van der Waals surface area contributed by atoms with Gasteiger partial charge in [-0.1, -0.05) is 6.07 Å². The first-order valence-electron chi connectivity index (χ1n) is 6.15. The second kappa shape index (κ2) is 6.04. The van der Waals surface area contributed by atoms with Gasteiger partial charge in [0.15, 0.2) is 0 Å². The van der Waals surface area contributed by atoms with E-state index >= 15 is 0 Å². The van der Waals surface area contributed by atoms with E-state index in [1.165, 1.54) is 30.3 Å². The minimum atomic E-state index is -1.19. The molecule has 0 aliphatic rings. The van der Waals surface area contributed by atoms with Crippen LogP contribution in [-0.4, -0.2) is 36.1 Å². The second-order valence-electron chi connectivity index (χ2n) is 4.27. The lowest BCUT2D eigenvalue weighted by Crippen LogP contribution is -2.28. The number of hydrogen-bond donors (Lipinski definition) is 1. The van der Waals surface area contributed by atoms with Gasteiger partial charge in [-0.15, -0.1) is 0 Å². The first-order valence-corrected chi connectivity index (χ1v) is 6.15. The molecule has 0 saturated heterocycles. The van der Waals surface area contributed by atoms with E-state index in [0.29, 0.717) is 11.4 Å². The van der Waals surface area contributed by atoms with E-state index in [-0.39, 0.29) is 11.3 Å². The van der Waals surface area contributed by atoms with Crippen LogP contribution in [0.2, 0.25) is 0 Å². The summed E-state index contributed by atoms with van der Waals surface area (Å²) in [6.45, 7) is 0. The van der Waals surface area contributed by atoms with Gasteiger partial charge in [0, 0.05) is 25.0 Å². The monoisotopic (exact) mass is 286 g/mol. The number of carboxylic acid groups (broad SMARTS) is 1. The van der Waals surface area contributed by atoms with Crippen LogP contribution in [0.25, 0.3) is 0 Å². The lowest BCUT2D eigenvalue weighted by Gasteiger charge is -2.18. The molecule has 0 aliphatic heterocycles. The quantitative estimate of drug-likeness (QED) is 0.930. The van der Waals surface area contributed by atoms with Crippen molar-refractivity contribution in [1.29, 1.82) is 0 Å². The minimum absolute atomic E-state index is 0.102. The van der Waals surface area contributed by atoms with Crippen molar-refractivity contribution in [2.24, 2.45) is 0 Å². The highest BCUT2D eigenvalue weighted by Gasteiger charge is 2.21. The maximum atomic E-state index is 12.4. The molecular weight excluding hydrogens is 272 g/mol. The number of carbonyl (C=O) groups is 2. The summed E-state index contributed by atoms with van der Waals surface area (Å²) in [5.74, 6) is -1.08. The van der Waals surface area contributed by atoms with Crippen molar-refractivity contribution >= 4 is 17.6 Å². The molecule has 1 N–H and O–H groups in total. The van der Waals surface area contributed by atoms with Crippen LogP contribution in [0, 0.1) is 0 Å². The Hall–Kier alpha value is -2.89. The fourth-order valence-corrected chi connectivity index (χ4v) is 1.84. The van der Waals surface area contributed by atoms with Crippen LogP contribution in [-0.2, 0) is 0 Å². The number of hydrogen-bond acceptors (Lipinski definition) is 4. The average Bonchev–Trinajstić information content (AvgIpc) is 2.53. The molecule has 0 spiro atoms. The number of rotatable bonds is 4. The molecule has 6 heteroatoms. The fraction of sp³-hybridized carbons (Fsp3) is 0.133. The molecule has 6 nitrogen and oxygen atoms in total. The van der Waals surface area contributed by atoms with E-state index in [9.17, 15) is 9.59 Å². The minimum Gasteiger partial charge on any atom is -0.497 e. The molecule has 1 aromatic heterocycles. The van der Waals surface area contributed by atoms with Crippen molar-refractivity contribution in [3.63, 3.8) is 0 Å². The van der Waals surface area contributed by atoms with E-state index in [0.717, 1.165) is 0 Å². The van der Waals surface area contributed by atoms with Crippen molar-refractivity contribution in [3.8, 4) is 5.75 Å². The number of benzene rings is 1. The second-order valence-corrected chi connectivity index (χ2v) is 4.27. The third-order valence-electron chi connectivity index (χ3n) is 2.99. The maximum absolute atomic E-state index is 12.4. The largest absolute Gasteiger partial charge is 0.497 e. The highest BCUT2D eigenvalue weighted by atomic mass is 16.5. The molecule has 108 valence electrons. The summed E-state index contributed by atoms with van der Waals surface area (Å²) in [6.07, 6.45) is 1.39. The predicted molar refractivity (Wildman–Crippen MR) is 76.9 cm³/mol. The Morgan fingerprint density at radius 2 is 2.00 bits per heavy atom. The van der Waals surface area contributed by atoms with E-state index in [1.54, 1.807) is 31.3 Å². The van der Waals surface area contributed by atoms with Crippen molar-refractivity contribution in [2.75, 3.05) is 19.1 Å². The van der Waals surface area contributed by atoms with Crippen LogP contribution in [0.4, 0.5) is 5.69 Å². The van der Waals surface area contributed by atoms with E-state index in [4.69, 9.17) is 9.84 Å². The van der Waals surface area contributed by atoms with Crippen LogP contribution in [0.15, 0.2) is 42.6 Å². The normalized spacial score (nSPS) is 10.0. The zero-order valence-electron chi connectivity index (χ0n) is 11.6. The highest BCUT2D eigenvalue weighted by molar-refractivity contribution is 6.10. The smallest absolute Gasteiger partial charge is 0.338 e. The summed E-state index contributed by atoms with van der Waals surface area (Å²) in [5.41, 5.74) is 0.355. The first kappa shape index (κ1) is 14.5. The van der Waals surface area contributed by atoms with Gasteiger partial charge in [0.1, 0.15) is 11.4 Å². The molecule has 0 saturated carbocycles. The van der Waals surface area contributed by atoms with Gasteiger partial charge in [-0.05, 0) is 24.3 Å². The molecule has 21 heavy (non-hydrogen) atoms. The summed E-state index contributed by atoms with van der Waals surface area (Å²) in [6, 6.07) is 9.73. The van der Waals surface area contributed by atoms with Gasteiger partial charge in [-0.3, -0.25) is 9.78 Å². The maximum Gasteiger partial charge on any atom is 0.338 e.